The summed E-state index contributed by atoms with van der Waals surface area (Å²) in [5.74, 6) is -1.17. The lowest BCUT2D eigenvalue weighted by Gasteiger charge is -2.22. The molecule has 4 nitrogen and oxygen atoms in total. The number of halogens is 2. The van der Waals surface area contributed by atoms with E-state index in [-0.39, 0.29) is 5.56 Å². The van der Waals surface area contributed by atoms with Gasteiger partial charge in [0.25, 0.3) is 10.2 Å². The Balaban J connectivity index is 2.32. The van der Waals surface area contributed by atoms with Crippen LogP contribution in [0.4, 0.5) is 8.78 Å². The first kappa shape index (κ1) is 14.4. The zero-order valence-electron chi connectivity index (χ0n) is 10.8. The maximum absolute atomic E-state index is 13.7. The van der Waals surface area contributed by atoms with Crippen LogP contribution in [0.1, 0.15) is 25.3 Å². The molecule has 0 aliphatic heterocycles. The summed E-state index contributed by atoms with van der Waals surface area (Å²) in [7, 11) is -2.26. The highest BCUT2D eigenvalue weighted by atomic mass is 32.2. The number of nitrogens with one attached hydrogen (secondary N) is 1. The smallest absolute Gasteiger partial charge is 0.207 e. The van der Waals surface area contributed by atoms with Crippen LogP contribution in [-0.2, 0) is 15.7 Å². The first-order chi connectivity index (χ1) is 8.81. The average Bonchev–Trinajstić information content (AvgIpc) is 3.11. The molecule has 0 radical (unpaired) electrons. The molecule has 0 amide bonds. The van der Waals surface area contributed by atoms with Gasteiger partial charge in [0.05, 0.1) is 5.54 Å². The summed E-state index contributed by atoms with van der Waals surface area (Å²) in [5, 5.41) is 0. The van der Waals surface area contributed by atoms with E-state index in [1.807, 2.05) is 0 Å². The molecule has 7 heteroatoms. The van der Waals surface area contributed by atoms with Gasteiger partial charge in [0.15, 0.2) is 0 Å². The lowest BCUT2D eigenvalue weighted by molar-refractivity contribution is 0.451. The highest BCUT2D eigenvalue weighted by molar-refractivity contribution is 7.87. The summed E-state index contributed by atoms with van der Waals surface area (Å²) in [5.41, 5.74) is -0.936. The molecular formula is C12H16F2N2O2S. The van der Waals surface area contributed by atoms with Crippen molar-refractivity contribution in [2.45, 2.75) is 25.3 Å². The van der Waals surface area contributed by atoms with Gasteiger partial charge < -0.3 is 0 Å². The van der Waals surface area contributed by atoms with E-state index in [0.29, 0.717) is 19.4 Å². The van der Waals surface area contributed by atoms with Gasteiger partial charge >= 0.3 is 0 Å². The lowest BCUT2D eigenvalue weighted by Crippen LogP contribution is -2.44. The van der Waals surface area contributed by atoms with Gasteiger partial charge in [0.1, 0.15) is 11.6 Å². The van der Waals surface area contributed by atoms with Crippen molar-refractivity contribution < 1.29 is 17.2 Å². The van der Waals surface area contributed by atoms with E-state index >= 15 is 0 Å². The SMILES string of the molecule is CCN(C)S(=O)(=O)NC1(c2cc(F)ccc2F)CC1. The molecule has 106 valence electrons. The maximum Gasteiger partial charge on any atom is 0.280 e. The zero-order valence-corrected chi connectivity index (χ0v) is 11.6. The molecule has 1 aromatic rings. The lowest BCUT2D eigenvalue weighted by atomic mass is 10.1. The van der Waals surface area contributed by atoms with E-state index < -0.39 is 27.4 Å². The molecule has 1 saturated carbocycles. The van der Waals surface area contributed by atoms with Gasteiger partial charge in [0, 0.05) is 19.2 Å². The van der Waals surface area contributed by atoms with Crippen molar-refractivity contribution in [1.82, 2.24) is 9.03 Å². The van der Waals surface area contributed by atoms with Gasteiger partial charge in [-0.25, -0.2) is 8.78 Å². The number of nitrogens with zero attached hydrogens (tertiary/aromatic N) is 1. The van der Waals surface area contributed by atoms with Crippen LogP contribution >= 0.6 is 0 Å². The molecule has 0 aromatic heterocycles. The Morgan fingerprint density at radius 2 is 2.00 bits per heavy atom. The summed E-state index contributed by atoms with van der Waals surface area (Å²) < 4.78 is 54.5. The largest absolute Gasteiger partial charge is 0.280 e. The summed E-state index contributed by atoms with van der Waals surface area (Å²) in [4.78, 5) is 0. The second kappa shape index (κ2) is 4.81. The van der Waals surface area contributed by atoms with Gasteiger partial charge in [-0.15, -0.1) is 0 Å². The van der Waals surface area contributed by atoms with Crippen LogP contribution in [0.25, 0.3) is 0 Å². The molecule has 1 aliphatic carbocycles. The van der Waals surface area contributed by atoms with Crippen molar-refractivity contribution in [2.75, 3.05) is 13.6 Å². The van der Waals surface area contributed by atoms with Crippen molar-refractivity contribution >= 4 is 10.2 Å². The Labute approximate surface area is 111 Å². The average molecular weight is 290 g/mol. The summed E-state index contributed by atoms with van der Waals surface area (Å²) in [6.45, 7) is 2.00. The van der Waals surface area contributed by atoms with Crippen LogP contribution in [0.15, 0.2) is 18.2 Å². The van der Waals surface area contributed by atoms with Gasteiger partial charge in [-0.05, 0) is 31.0 Å². The fraction of sp³-hybridized carbons (Fsp3) is 0.500. The molecule has 0 unspecified atom stereocenters. The molecule has 0 bridgehead atoms. The van der Waals surface area contributed by atoms with E-state index in [1.54, 1.807) is 6.92 Å². The molecule has 0 heterocycles. The second-order valence-corrected chi connectivity index (χ2v) is 6.51. The molecule has 1 aliphatic rings. The topological polar surface area (TPSA) is 49.4 Å². The molecule has 1 fully saturated rings. The fourth-order valence-electron chi connectivity index (χ4n) is 1.91. The van der Waals surface area contributed by atoms with Crippen LogP contribution < -0.4 is 4.72 Å². The number of hydrogen-bond donors (Lipinski definition) is 1. The first-order valence-electron chi connectivity index (χ1n) is 6.01. The first-order valence-corrected chi connectivity index (χ1v) is 7.45. The molecule has 1 aromatic carbocycles. The van der Waals surface area contributed by atoms with Crippen molar-refractivity contribution in [3.05, 3.63) is 35.4 Å². The fourth-order valence-corrected chi connectivity index (χ4v) is 3.21. The van der Waals surface area contributed by atoms with E-state index in [2.05, 4.69) is 4.72 Å². The minimum Gasteiger partial charge on any atom is -0.207 e. The third-order valence-corrected chi connectivity index (χ3v) is 5.10. The summed E-state index contributed by atoms with van der Waals surface area (Å²) in [6, 6.07) is 3.08. The molecule has 1 N–H and O–H groups in total. The predicted octanol–water partition coefficient (Wildman–Crippen LogP) is 1.74. The third-order valence-electron chi connectivity index (χ3n) is 3.37. The van der Waals surface area contributed by atoms with Crippen LogP contribution in [-0.4, -0.2) is 26.3 Å². The number of hydrogen-bond acceptors (Lipinski definition) is 2. The molecule has 2 rings (SSSR count). The van der Waals surface area contributed by atoms with Gasteiger partial charge in [-0.1, -0.05) is 6.92 Å². The number of rotatable bonds is 5. The summed E-state index contributed by atoms with van der Waals surface area (Å²) in [6.07, 6.45) is 0.925. The Morgan fingerprint density at radius 1 is 1.37 bits per heavy atom. The van der Waals surface area contributed by atoms with Crippen molar-refractivity contribution in [1.29, 1.82) is 0 Å². The Hall–Kier alpha value is -1.05. The van der Waals surface area contributed by atoms with Crippen LogP contribution in [0.5, 0.6) is 0 Å². The molecule has 0 saturated heterocycles. The minimum atomic E-state index is -3.69. The molecular weight excluding hydrogens is 274 g/mol. The van der Waals surface area contributed by atoms with Crippen LogP contribution in [0, 0.1) is 11.6 Å². The highest BCUT2D eigenvalue weighted by Gasteiger charge is 2.49. The van der Waals surface area contributed by atoms with Crippen molar-refractivity contribution in [2.24, 2.45) is 0 Å². The summed E-state index contributed by atoms with van der Waals surface area (Å²) >= 11 is 0. The monoisotopic (exact) mass is 290 g/mol. The van der Waals surface area contributed by atoms with Gasteiger partial charge in [-0.2, -0.15) is 17.4 Å². The second-order valence-electron chi connectivity index (χ2n) is 4.73. The predicted molar refractivity (Wildman–Crippen MR) is 67.6 cm³/mol. The van der Waals surface area contributed by atoms with E-state index in [1.165, 1.54) is 7.05 Å². The standard InChI is InChI=1S/C12H16F2N2O2S/c1-3-16(2)19(17,18)15-12(6-7-12)10-8-9(13)4-5-11(10)14/h4-5,8,15H,3,6-7H2,1-2H3. The quantitative estimate of drug-likeness (QED) is 0.898. The number of benzene rings is 1. The van der Waals surface area contributed by atoms with Gasteiger partial charge in [0.2, 0.25) is 0 Å². The molecule has 19 heavy (non-hydrogen) atoms. The highest BCUT2D eigenvalue weighted by Crippen LogP contribution is 2.47. The van der Waals surface area contributed by atoms with Gasteiger partial charge in [-0.3, -0.25) is 0 Å². The van der Waals surface area contributed by atoms with Crippen molar-refractivity contribution in [3.8, 4) is 0 Å². The van der Waals surface area contributed by atoms with Crippen LogP contribution in [0.3, 0.4) is 0 Å². The Kier molecular flexibility index (Phi) is 3.63. The van der Waals surface area contributed by atoms with E-state index in [9.17, 15) is 17.2 Å². The maximum atomic E-state index is 13.7. The normalized spacial score (nSPS) is 17.7. The van der Waals surface area contributed by atoms with E-state index in [0.717, 1.165) is 22.5 Å². The Bertz CT molecular complexity index is 585. The van der Waals surface area contributed by atoms with E-state index in [4.69, 9.17) is 0 Å². The van der Waals surface area contributed by atoms with Crippen LogP contribution in [0.2, 0.25) is 0 Å². The zero-order chi connectivity index (χ0) is 14.3. The minimum absolute atomic E-state index is 0.0700. The Morgan fingerprint density at radius 3 is 2.53 bits per heavy atom. The molecule has 0 spiro atoms. The third kappa shape index (κ3) is 2.77. The van der Waals surface area contributed by atoms with Crippen molar-refractivity contribution in [3.63, 3.8) is 0 Å². The molecule has 0 atom stereocenters.